The molecule has 104 valence electrons. The van der Waals surface area contributed by atoms with E-state index >= 15 is 0 Å². The van der Waals surface area contributed by atoms with Crippen molar-refractivity contribution in [2.75, 3.05) is 33.2 Å². The first kappa shape index (κ1) is 14.9. The quantitative estimate of drug-likeness (QED) is 0.631. The molecule has 0 heterocycles. The number of methoxy groups -OCH3 is 3. The van der Waals surface area contributed by atoms with Crippen LogP contribution in [-0.4, -0.2) is 33.8 Å². The fourth-order valence-corrected chi connectivity index (χ4v) is 1.48. The highest BCUT2D eigenvalue weighted by molar-refractivity contribution is 5.87. The van der Waals surface area contributed by atoms with Crippen LogP contribution in [0.25, 0.3) is 0 Å². The van der Waals surface area contributed by atoms with Gasteiger partial charge in [-0.1, -0.05) is 6.08 Å². The van der Waals surface area contributed by atoms with E-state index in [9.17, 15) is 4.79 Å². The summed E-state index contributed by atoms with van der Waals surface area (Å²) in [5.41, 5.74) is 1.41. The molecule has 0 unspecified atom stereocenters. The topological polar surface area (TPSA) is 56.8 Å². The minimum atomic E-state index is -0.329. The lowest BCUT2D eigenvalue weighted by Gasteiger charge is -2.09. The molecular formula is C14H19NO4. The highest BCUT2D eigenvalue weighted by atomic mass is 16.5. The maximum atomic E-state index is 11.2. The van der Waals surface area contributed by atoms with Gasteiger partial charge in [0.2, 0.25) is 0 Å². The van der Waals surface area contributed by atoms with Gasteiger partial charge < -0.3 is 19.5 Å². The highest BCUT2D eigenvalue weighted by Crippen LogP contribution is 2.25. The Labute approximate surface area is 113 Å². The summed E-state index contributed by atoms with van der Waals surface area (Å²) in [5, 5.41) is 3.16. The molecule has 0 saturated carbocycles. The van der Waals surface area contributed by atoms with Crippen LogP contribution in [0.3, 0.4) is 0 Å². The van der Waals surface area contributed by atoms with E-state index in [1.54, 1.807) is 33.3 Å². The summed E-state index contributed by atoms with van der Waals surface area (Å²) in [7, 11) is 4.56. The highest BCUT2D eigenvalue weighted by Gasteiger charge is 2.03. The lowest BCUT2D eigenvalue weighted by Crippen LogP contribution is -2.05. The average Bonchev–Trinajstić information content (AvgIpc) is 2.45. The Morgan fingerprint density at radius 2 is 1.74 bits per heavy atom. The van der Waals surface area contributed by atoms with Crippen LogP contribution in [0.2, 0.25) is 0 Å². The third-order valence-corrected chi connectivity index (χ3v) is 2.57. The molecule has 0 amide bonds. The van der Waals surface area contributed by atoms with E-state index in [0.717, 1.165) is 5.69 Å². The zero-order valence-corrected chi connectivity index (χ0v) is 11.6. The lowest BCUT2D eigenvalue weighted by molar-refractivity contribution is -0.136. The zero-order chi connectivity index (χ0) is 14.3. The SMILES string of the molecule is COC(=O)/C(C)=C/CNc1cc(OC)cc(OC)c1. The van der Waals surface area contributed by atoms with Crippen LogP contribution < -0.4 is 14.8 Å². The standard InChI is InChI=1S/C14H19NO4/c1-10(14(16)19-4)5-6-15-11-7-12(17-2)9-13(8-11)18-3/h5,7-9,15H,6H2,1-4H3/b10-5+. The van der Waals surface area contributed by atoms with Crippen molar-refractivity contribution in [3.8, 4) is 11.5 Å². The number of ether oxygens (including phenoxy) is 3. The van der Waals surface area contributed by atoms with Crippen molar-refractivity contribution in [2.45, 2.75) is 6.92 Å². The van der Waals surface area contributed by atoms with E-state index in [1.165, 1.54) is 7.11 Å². The monoisotopic (exact) mass is 265 g/mol. The summed E-state index contributed by atoms with van der Waals surface area (Å²) >= 11 is 0. The molecule has 0 aliphatic carbocycles. The van der Waals surface area contributed by atoms with Gasteiger partial charge in [0.1, 0.15) is 11.5 Å². The molecule has 1 rings (SSSR count). The van der Waals surface area contributed by atoms with Gasteiger partial charge in [0.05, 0.1) is 21.3 Å². The van der Waals surface area contributed by atoms with Crippen LogP contribution in [-0.2, 0) is 9.53 Å². The minimum absolute atomic E-state index is 0.329. The van der Waals surface area contributed by atoms with Crippen LogP contribution in [0.5, 0.6) is 11.5 Å². The van der Waals surface area contributed by atoms with Gasteiger partial charge in [0.25, 0.3) is 0 Å². The van der Waals surface area contributed by atoms with E-state index in [0.29, 0.717) is 23.6 Å². The summed E-state index contributed by atoms with van der Waals surface area (Å²) in [5.74, 6) is 1.08. The molecule has 0 saturated heterocycles. The maximum absolute atomic E-state index is 11.2. The second-order valence-corrected chi connectivity index (χ2v) is 3.86. The number of hydrogen-bond acceptors (Lipinski definition) is 5. The van der Waals surface area contributed by atoms with Gasteiger partial charge in [-0.2, -0.15) is 0 Å². The normalized spacial score (nSPS) is 10.8. The van der Waals surface area contributed by atoms with Crippen LogP contribution >= 0.6 is 0 Å². The Bertz CT molecular complexity index is 446. The van der Waals surface area contributed by atoms with Crippen molar-refractivity contribution in [3.63, 3.8) is 0 Å². The molecule has 1 aromatic carbocycles. The molecule has 0 fully saturated rings. The van der Waals surface area contributed by atoms with E-state index in [-0.39, 0.29) is 5.97 Å². The molecule has 0 spiro atoms. The first-order valence-corrected chi connectivity index (χ1v) is 5.82. The third-order valence-electron chi connectivity index (χ3n) is 2.57. The first-order valence-electron chi connectivity index (χ1n) is 5.82. The van der Waals surface area contributed by atoms with Crippen LogP contribution in [0, 0.1) is 0 Å². The number of benzene rings is 1. The van der Waals surface area contributed by atoms with Gasteiger partial charge in [0, 0.05) is 36.0 Å². The van der Waals surface area contributed by atoms with Crippen molar-refractivity contribution in [1.82, 2.24) is 0 Å². The number of anilines is 1. The predicted octanol–water partition coefficient (Wildman–Crippen LogP) is 2.24. The number of nitrogens with one attached hydrogen (secondary N) is 1. The Morgan fingerprint density at radius 1 is 1.16 bits per heavy atom. The molecule has 0 aliphatic rings. The molecule has 0 atom stereocenters. The van der Waals surface area contributed by atoms with E-state index < -0.39 is 0 Å². The van der Waals surface area contributed by atoms with E-state index in [1.807, 2.05) is 12.1 Å². The van der Waals surface area contributed by atoms with Crippen LogP contribution in [0.1, 0.15) is 6.92 Å². The van der Waals surface area contributed by atoms with Gasteiger partial charge in [0.15, 0.2) is 0 Å². The number of rotatable bonds is 6. The van der Waals surface area contributed by atoms with Crippen molar-refractivity contribution in [2.24, 2.45) is 0 Å². The summed E-state index contributed by atoms with van der Waals surface area (Å²) in [6, 6.07) is 5.49. The molecule has 1 aromatic rings. The van der Waals surface area contributed by atoms with Crippen molar-refractivity contribution < 1.29 is 19.0 Å². The molecule has 5 heteroatoms. The molecule has 0 aliphatic heterocycles. The molecule has 0 aromatic heterocycles. The predicted molar refractivity (Wildman–Crippen MR) is 73.8 cm³/mol. The molecule has 1 N–H and O–H groups in total. The Balaban J connectivity index is 2.70. The Hall–Kier alpha value is -2.17. The number of carbonyl (C=O) groups is 1. The number of carbonyl (C=O) groups excluding carboxylic acids is 1. The zero-order valence-electron chi connectivity index (χ0n) is 11.6. The smallest absolute Gasteiger partial charge is 0.333 e. The summed E-state index contributed by atoms with van der Waals surface area (Å²) in [6.45, 7) is 2.22. The van der Waals surface area contributed by atoms with Gasteiger partial charge in [-0.25, -0.2) is 4.79 Å². The minimum Gasteiger partial charge on any atom is -0.497 e. The van der Waals surface area contributed by atoms with Crippen molar-refractivity contribution >= 4 is 11.7 Å². The summed E-state index contributed by atoms with van der Waals surface area (Å²) in [4.78, 5) is 11.2. The van der Waals surface area contributed by atoms with Gasteiger partial charge in [-0.3, -0.25) is 0 Å². The van der Waals surface area contributed by atoms with Crippen LogP contribution in [0.4, 0.5) is 5.69 Å². The van der Waals surface area contributed by atoms with Crippen LogP contribution in [0.15, 0.2) is 29.8 Å². The van der Waals surface area contributed by atoms with Gasteiger partial charge in [-0.15, -0.1) is 0 Å². The lowest BCUT2D eigenvalue weighted by atomic mass is 10.2. The van der Waals surface area contributed by atoms with Crippen molar-refractivity contribution in [3.05, 3.63) is 29.8 Å². The summed E-state index contributed by atoms with van der Waals surface area (Å²) in [6.07, 6.45) is 1.76. The maximum Gasteiger partial charge on any atom is 0.333 e. The largest absolute Gasteiger partial charge is 0.497 e. The fraction of sp³-hybridized carbons (Fsp3) is 0.357. The summed E-state index contributed by atoms with van der Waals surface area (Å²) < 4.78 is 15.0. The molecule has 0 radical (unpaired) electrons. The molecular weight excluding hydrogens is 246 g/mol. The Kier molecular flexibility index (Phi) is 5.73. The number of esters is 1. The second kappa shape index (κ2) is 7.31. The van der Waals surface area contributed by atoms with E-state index in [2.05, 4.69) is 10.1 Å². The first-order chi connectivity index (χ1) is 9.10. The van der Waals surface area contributed by atoms with Crippen molar-refractivity contribution in [1.29, 1.82) is 0 Å². The third kappa shape index (κ3) is 4.54. The van der Waals surface area contributed by atoms with E-state index in [4.69, 9.17) is 9.47 Å². The van der Waals surface area contributed by atoms with Gasteiger partial charge in [-0.05, 0) is 6.92 Å². The fourth-order valence-electron chi connectivity index (χ4n) is 1.48. The molecule has 5 nitrogen and oxygen atoms in total. The second-order valence-electron chi connectivity index (χ2n) is 3.86. The Morgan fingerprint density at radius 3 is 2.21 bits per heavy atom. The van der Waals surface area contributed by atoms with Gasteiger partial charge >= 0.3 is 5.97 Å². The average molecular weight is 265 g/mol. The number of hydrogen-bond donors (Lipinski definition) is 1. The molecule has 19 heavy (non-hydrogen) atoms. The molecule has 0 bridgehead atoms.